The Morgan fingerprint density at radius 2 is 1.87 bits per heavy atom. The number of nitrogens with one attached hydrogen (secondary N) is 1. The van der Waals surface area contributed by atoms with Crippen LogP contribution in [0.25, 0.3) is 5.69 Å². The predicted octanol–water partition coefficient (Wildman–Crippen LogP) is 4.54. The Bertz CT molecular complexity index is 1050. The second-order valence-corrected chi connectivity index (χ2v) is 7.53. The van der Waals surface area contributed by atoms with Crippen LogP contribution < -0.4 is 14.8 Å². The fraction of sp³-hybridized carbons (Fsp3) is 0.273. The van der Waals surface area contributed by atoms with E-state index in [1.807, 2.05) is 38.1 Å². The highest BCUT2D eigenvalue weighted by Crippen LogP contribution is 2.26. The average molecular weight is 448 g/mol. The number of aryl methyl sites for hydroxylation is 1. The maximum atomic E-state index is 12.4. The van der Waals surface area contributed by atoms with E-state index in [1.165, 1.54) is 0 Å². The minimum absolute atomic E-state index is 0.0934. The van der Waals surface area contributed by atoms with Crippen molar-refractivity contribution in [3.63, 3.8) is 0 Å². The molecule has 2 aromatic carbocycles. The summed E-state index contributed by atoms with van der Waals surface area (Å²) in [7, 11) is 1.60. The summed E-state index contributed by atoms with van der Waals surface area (Å²) in [6.45, 7) is 4.57. The van der Waals surface area contributed by atoms with Crippen molar-refractivity contribution in [2.75, 3.05) is 20.3 Å². The molecule has 0 spiro atoms. The molecule has 158 valence electrons. The quantitative estimate of drug-likeness (QED) is 0.514. The highest BCUT2D eigenvalue weighted by atomic mass is 35.5. The zero-order chi connectivity index (χ0) is 21.7. The van der Waals surface area contributed by atoms with Gasteiger partial charge in [-0.05, 0) is 44.2 Å². The monoisotopic (exact) mass is 447 g/mol. The van der Waals surface area contributed by atoms with E-state index >= 15 is 0 Å². The summed E-state index contributed by atoms with van der Waals surface area (Å²) < 4.78 is 12.6. The summed E-state index contributed by atoms with van der Waals surface area (Å²) in [4.78, 5) is 12.4. The lowest BCUT2D eigenvalue weighted by Gasteiger charge is -2.09. The topological polar surface area (TPSA) is 65.4 Å². The lowest BCUT2D eigenvalue weighted by atomic mass is 10.1. The van der Waals surface area contributed by atoms with Crippen LogP contribution in [0.2, 0.25) is 10.0 Å². The molecule has 1 N–H and O–H groups in total. The molecule has 0 saturated carbocycles. The van der Waals surface area contributed by atoms with E-state index in [4.69, 9.17) is 32.7 Å². The third-order valence-corrected chi connectivity index (χ3v) is 5.40. The molecule has 0 unspecified atom stereocenters. The number of halogens is 2. The summed E-state index contributed by atoms with van der Waals surface area (Å²) in [5.41, 5.74) is 3.35. The van der Waals surface area contributed by atoms with Crippen molar-refractivity contribution in [2.45, 2.75) is 20.3 Å². The van der Waals surface area contributed by atoms with Gasteiger partial charge in [-0.1, -0.05) is 29.3 Å². The van der Waals surface area contributed by atoms with E-state index in [0.717, 1.165) is 28.4 Å². The van der Waals surface area contributed by atoms with Gasteiger partial charge in [-0.2, -0.15) is 5.10 Å². The van der Waals surface area contributed by atoms with Crippen LogP contribution in [0.15, 0.2) is 42.5 Å². The largest absolute Gasteiger partial charge is 0.497 e. The fourth-order valence-electron chi connectivity index (χ4n) is 3.07. The molecule has 6 nitrogen and oxygen atoms in total. The van der Waals surface area contributed by atoms with Crippen LogP contribution in [-0.2, 0) is 11.2 Å². The van der Waals surface area contributed by atoms with Gasteiger partial charge in [-0.3, -0.25) is 4.79 Å². The molecule has 30 heavy (non-hydrogen) atoms. The van der Waals surface area contributed by atoms with E-state index in [2.05, 4.69) is 10.4 Å². The Kier molecular flexibility index (Phi) is 7.24. The molecule has 1 aromatic heterocycles. The van der Waals surface area contributed by atoms with Gasteiger partial charge < -0.3 is 14.8 Å². The van der Waals surface area contributed by atoms with Gasteiger partial charge in [0.05, 0.1) is 41.5 Å². The minimum Gasteiger partial charge on any atom is -0.497 e. The number of nitrogens with zero attached hydrogens (tertiary/aromatic N) is 2. The van der Waals surface area contributed by atoms with E-state index in [-0.39, 0.29) is 12.3 Å². The van der Waals surface area contributed by atoms with Gasteiger partial charge >= 0.3 is 0 Å². The molecular weight excluding hydrogens is 425 g/mol. The van der Waals surface area contributed by atoms with Crippen LogP contribution in [0.3, 0.4) is 0 Å². The van der Waals surface area contributed by atoms with Gasteiger partial charge in [0.25, 0.3) is 0 Å². The molecular formula is C22H23Cl2N3O3. The summed E-state index contributed by atoms with van der Waals surface area (Å²) in [5, 5.41) is 8.37. The first-order valence-electron chi connectivity index (χ1n) is 9.43. The van der Waals surface area contributed by atoms with Crippen molar-refractivity contribution < 1.29 is 14.3 Å². The first kappa shape index (κ1) is 22.0. The maximum Gasteiger partial charge on any atom is 0.224 e. The van der Waals surface area contributed by atoms with Crippen LogP contribution in [0, 0.1) is 13.8 Å². The van der Waals surface area contributed by atoms with Crippen LogP contribution in [0.4, 0.5) is 0 Å². The zero-order valence-corrected chi connectivity index (χ0v) is 18.5. The molecule has 0 atom stereocenters. The molecule has 0 fully saturated rings. The number of rotatable bonds is 8. The number of aromatic nitrogens is 2. The standard InChI is InChI=1S/C22H23Cl2N3O3/c1-14-19(15(2)27(26-14)16-7-8-20(23)21(24)11-16)13-22(28)25-9-10-30-18-6-4-5-17(12-18)29-3/h4-8,11-12H,9-10,13H2,1-3H3,(H,25,28). The minimum atomic E-state index is -0.0934. The van der Waals surface area contributed by atoms with Crippen molar-refractivity contribution in [1.82, 2.24) is 15.1 Å². The van der Waals surface area contributed by atoms with E-state index in [1.54, 1.807) is 30.0 Å². The van der Waals surface area contributed by atoms with Gasteiger partial charge in [0, 0.05) is 17.3 Å². The number of methoxy groups -OCH3 is 1. The molecule has 0 bridgehead atoms. The fourth-order valence-corrected chi connectivity index (χ4v) is 3.36. The first-order chi connectivity index (χ1) is 14.4. The van der Waals surface area contributed by atoms with Gasteiger partial charge in [-0.25, -0.2) is 4.68 Å². The van der Waals surface area contributed by atoms with Gasteiger partial charge in [-0.15, -0.1) is 0 Å². The zero-order valence-electron chi connectivity index (χ0n) is 17.0. The van der Waals surface area contributed by atoms with Crippen LogP contribution in [-0.4, -0.2) is 35.9 Å². The second kappa shape index (κ2) is 9.87. The molecule has 0 radical (unpaired) electrons. The number of carbonyl (C=O) groups excluding carboxylic acids is 1. The molecule has 3 rings (SSSR count). The Morgan fingerprint density at radius 1 is 1.10 bits per heavy atom. The number of amides is 1. The van der Waals surface area contributed by atoms with Crippen LogP contribution >= 0.6 is 23.2 Å². The number of carbonyl (C=O) groups is 1. The molecule has 0 aliphatic carbocycles. The summed E-state index contributed by atoms with van der Waals surface area (Å²) >= 11 is 12.1. The third kappa shape index (κ3) is 5.26. The van der Waals surface area contributed by atoms with Crippen molar-refractivity contribution in [3.8, 4) is 17.2 Å². The van der Waals surface area contributed by atoms with Crippen molar-refractivity contribution in [2.24, 2.45) is 0 Å². The molecule has 1 heterocycles. The number of ether oxygens (including phenoxy) is 2. The lowest BCUT2D eigenvalue weighted by molar-refractivity contribution is -0.120. The van der Waals surface area contributed by atoms with Crippen molar-refractivity contribution >= 4 is 29.1 Å². The Hall–Kier alpha value is -2.70. The maximum absolute atomic E-state index is 12.4. The lowest BCUT2D eigenvalue weighted by Crippen LogP contribution is -2.29. The highest BCUT2D eigenvalue weighted by molar-refractivity contribution is 6.42. The summed E-state index contributed by atoms with van der Waals surface area (Å²) in [5.74, 6) is 1.32. The smallest absolute Gasteiger partial charge is 0.224 e. The Labute approximate surface area is 185 Å². The van der Waals surface area contributed by atoms with Crippen LogP contribution in [0.1, 0.15) is 17.0 Å². The highest BCUT2D eigenvalue weighted by Gasteiger charge is 2.16. The summed E-state index contributed by atoms with van der Waals surface area (Å²) in [6.07, 6.45) is 0.234. The number of benzene rings is 2. The number of hydrogen-bond acceptors (Lipinski definition) is 4. The van der Waals surface area contributed by atoms with Crippen molar-refractivity contribution in [1.29, 1.82) is 0 Å². The van der Waals surface area contributed by atoms with Crippen LogP contribution in [0.5, 0.6) is 11.5 Å². The Morgan fingerprint density at radius 3 is 2.60 bits per heavy atom. The summed E-state index contributed by atoms with van der Waals surface area (Å²) in [6, 6.07) is 12.7. The normalized spacial score (nSPS) is 10.7. The van der Waals surface area contributed by atoms with Gasteiger partial charge in [0.2, 0.25) is 5.91 Å². The Balaban J connectivity index is 1.57. The van der Waals surface area contributed by atoms with Gasteiger partial charge in [0.1, 0.15) is 18.1 Å². The van der Waals surface area contributed by atoms with E-state index in [0.29, 0.717) is 28.9 Å². The number of hydrogen-bond donors (Lipinski definition) is 1. The van der Waals surface area contributed by atoms with Gasteiger partial charge in [0.15, 0.2) is 0 Å². The molecule has 1 amide bonds. The molecule has 0 aliphatic rings. The van der Waals surface area contributed by atoms with Crippen molar-refractivity contribution in [3.05, 3.63) is 69.5 Å². The third-order valence-electron chi connectivity index (χ3n) is 4.66. The SMILES string of the molecule is COc1cccc(OCCNC(=O)Cc2c(C)nn(-c3ccc(Cl)c(Cl)c3)c2C)c1. The molecule has 8 heteroatoms. The van der Waals surface area contributed by atoms with E-state index < -0.39 is 0 Å². The van der Waals surface area contributed by atoms with E-state index in [9.17, 15) is 4.79 Å². The predicted molar refractivity (Wildman–Crippen MR) is 118 cm³/mol. The molecule has 3 aromatic rings. The average Bonchev–Trinajstić information content (AvgIpc) is 3.01. The first-order valence-corrected chi connectivity index (χ1v) is 10.2. The molecule has 0 saturated heterocycles. The second-order valence-electron chi connectivity index (χ2n) is 6.71. The molecule has 0 aliphatic heterocycles.